The van der Waals surface area contributed by atoms with Crippen molar-refractivity contribution in [1.29, 1.82) is 0 Å². The number of amides is 1. The lowest BCUT2D eigenvalue weighted by atomic mass is 10.2. The number of halogens is 1. The van der Waals surface area contributed by atoms with Crippen LogP contribution in [0.2, 0.25) is 0 Å². The summed E-state index contributed by atoms with van der Waals surface area (Å²) in [7, 11) is -1.80. The third kappa shape index (κ3) is 2.69. The molecule has 1 aromatic carbocycles. The molecule has 0 aliphatic carbocycles. The fourth-order valence-corrected chi connectivity index (χ4v) is 2.77. The first-order chi connectivity index (χ1) is 9.36. The molecule has 0 aromatic heterocycles. The third-order valence-corrected chi connectivity index (χ3v) is 4.28. The van der Waals surface area contributed by atoms with Crippen molar-refractivity contribution in [2.45, 2.75) is 11.7 Å². The number of nitrogens with zero attached hydrogens (tertiary/aromatic N) is 1. The van der Waals surface area contributed by atoms with Gasteiger partial charge in [0.25, 0.3) is 0 Å². The maximum Gasteiger partial charge on any atom is 0.307 e. The van der Waals surface area contributed by atoms with E-state index in [-0.39, 0.29) is 13.0 Å². The number of hydrogen-bond acceptors (Lipinski definition) is 5. The molecule has 1 amide bonds. The number of carbonyl (C=O) groups is 1. The highest BCUT2D eigenvalue weighted by Gasteiger charge is 2.39. The molecule has 0 saturated carbocycles. The zero-order valence-corrected chi connectivity index (χ0v) is 11.8. The van der Waals surface area contributed by atoms with E-state index in [2.05, 4.69) is 0 Å². The lowest BCUT2D eigenvalue weighted by Gasteiger charge is -2.18. The van der Waals surface area contributed by atoms with Crippen LogP contribution in [0, 0.1) is 0 Å². The van der Waals surface area contributed by atoms with Crippen molar-refractivity contribution in [2.75, 3.05) is 25.7 Å². The average Bonchev–Trinajstić information content (AvgIpc) is 2.80. The average molecular weight is 303 g/mol. The standard InChI is InChI=1S/C12H14FNO5S/c1-18-10-4-3-8(5-11(10)19-2)14-7-9(6-12(14)15)20(13,16)17/h3-5,9H,6-7H2,1-2H3. The van der Waals surface area contributed by atoms with Crippen molar-refractivity contribution in [3.63, 3.8) is 0 Å². The molecule has 0 spiro atoms. The Morgan fingerprint density at radius 3 is 2.40 bits per heavy atom. The van der Waals surface area contributed by atoms with E-state index >= 15 is 0 Å². The first kappa shape index (κ1) is 14.6. The number of anilines is 1. The van der Waals surface area contributed by atoms with Crippen molar-refractivity contribution in [3.05, 3.63) is 18.2 Å². The van der Waals surface area contributed by atoms with E-state index in [1.807, 2.05) is 0 Å². The van der Waals surface area contributed by atoms with Crippen molar-refractivity contribution in [1.82, 2.24) is 0 Å². The van der Waals surface area contributed by atoms with E-state index < -0.39 is 21.4 Å². The van der Waals surface area contributed by atoms with E-state index in [9.17, 15) is 17.1 Å². The van der Waals surface area contributed by atoms with Crippen LogP contribution in [-0.4, -0.2) is 40.3 Å². The number of hydrogen-bond donors (Lipinski definition) is 0. The summed E-state index contributed by atoms with van der Waals surface area (Å²) in [6, 6.07) is 4.73. The molecule has 0 bridgehead atoms. The predicted molar refractivity (Wildman–Crippen MR) is 70.3 cm³/mol. The minimum Gasteiger partial charge on any atom is -0.493 e. The first-order valence-electron chi connectivity index (χ1n) is 5.82. The molecule has 110 valence electrons. The quantitative estimate of drug-likeness (QED) is 0.779. The lowest BCUT2D eigenvalue weighted by Crippen LogP contribution is -2.26. The van der Waals surface area contributed by atoms with Gasteiger partial charge in [-0.25, -0.2) is 0 Å². The highest BCUT2D eigenvalue weighted by atomic mass is 32.3. The summed E-state index contributed by atoms with van der Waals surface area (Å²) in [5, 5.41) is -1.32. The topological polar surface area (TPSA) is 72.9 Å². The van der Waals surface area contributed by atoms with Gasteiger partial charge in [0.2, 0.25) is 5.91 Å². The minimum absolute atomic E-state index is 0.201. The molecule has 1 aliphatic rings. The van der Waals surface area contributed by atoms with Crippen molar-refractivity contribution < 1.29 is 26.6 Å². The van der Waals surface area contributed by atoms with Gasteiger partial charge >= 0.3 is 10.2 Å². The Morgan fingerprint density at radius 2 is 1.90 bits per heavy atom. The second-order valence-electron chi connectivity index (χ2n) is 4.35. The molecule has 6 nitrogen and oxygen atoms in total. The molecule has 20 heavy (non-hydrogen) atoms. The van der Waals surface area contributed by atoms with Gasteiger partial charge < -0.3 is 14.4 Å². The molecule has 1 fully saturated rings. The van der Waals surface area contributed by atoms with Crippen molar-refractivity contribution in [2.24, 2.45) is 0 Å². The fourth-order valence-electron chi connectivity index (χ4n) is 2.11. The molecule has 0 radical (unpaired) electrons. The Hall–Kier alpha value is -1.83. The second-order valence-corrected chi connectivity index (χ2v) is 5.96. The highest BCUT2D eigenvalue weighted by Crippen LogP contribution is 2.34. The minimum atomic E-state index is -4.72. The van der Waals surface area contributed by atoms with Crippen molar-refractivity contribution >= 4 is 21.8 Å². The van der Waals surface area contributed by atoms with E-state index in [1.165, 1.54) is 19.1 Å². The molecule has 1 saturated heterocycles. The Balaban J connectivity index is 2.31. The van der Waals surface area contributed by atoms with E-state index in [1.54, 1.807) is 18.2 Å². The maximum atomic E-state index is 13.0. The van der Waals surface area contributed by atoms with Crippen LogP contribution in [-0.2, 0) is 15.0 Å². The SMILES string of the molecule is COc1ccc(N2CC(S(=O)(=O)F)CC2=O)cc1OC. The second kappa shape index (κ2) is 5.28. The fraction of sp³-hybridized carbons (Fsp3) is 0.417. The number of ether oxygens (including phenoxy) is 2. The normalized spacial score (nSPS) is 19.2. The molecule has 1 unspecified atom stereocenters. The highest BCUT2D eigenvalue weighted by molar-refractivity contribution is 7.87. The molecule has 8 heteroatoms. The Labute approximate surface area is 116 Å². The lowest BCUT2D eigenvalue weighted by molar-refractivity contribution is -0.117. The molecule has 1 aromatic rings. The van der Waals surface area contributed by atoms with Gasteiger partial charge in [0.05, 0.1) is 14.2 Å². The van der Waals surface area contributed by atoms with Crippen LogP contribution in [0.4, 0.5) is 9.57 Å². The van der Waals surface area contributed by atoms with Crippen molar-refractivity contribution in [3.8, 4) is 11.5 Å². The van der Waals surface area contributed by atoms with Crippen LogP contribution >= 0.6 is 0 Å². The zero-order valence-electron chi connectivity index (χ0n) is 11.0. The summed E-state index contributed by atoms with van der Waals surface area (Å²) in [6.07, 6.45) is -0.354. The molecule has 2 rings (SSSR count). The maximum absolute atomic E-state index is 13.0. The van der Waals surface area contributed by atoms with Crippen LogP contribution < -0.4 is 14.4 Å². The van der Waals surface area contributed by atoms with Crippen LogP contribution in [0.15, 0.2) is 18.2 Å². The summed E-state index contributed by atoms with van der Waals surface area (Å²) in [4.78, 5) is 13.0. The summed E-state index contributed by atoms with van der Waals surface area (Å²) < 4.78 is 44.9. The smallest absolute Gasteiger partial charge is 0.307 e. The molecule has 1 atom stereocenters. The summed E-state index contributed by atoms with van der Waals surface area (Å²) in [6.45, 7) is -0.201. The van der Waals surface area contributed by atoms with Gasteiger partial charge in [-0.05, 0) is 12.1 Å². The Morgan fingerprint density at radius 1 is 1.25 bits per heavy atom. The van der Waals surface area contributed by atoms with Crippen LogP contribution in [0.25, 0.3) is 0 Å². The van der Waals surface area contributed by atoms with E-state index in [0.29, 0.717) is 17.2 Å². The van der Waals surface area contributed by atoms with Gasteiger partial charge in [0.15, 0.2) is 11.5 Å². The van der Waals surface area contributed by atoms with Gasteiger partial charge in [0.1, 0.15) is 5.25 Å². The van der Waals surface area contributed by atoms with Gasteiger partial charge in [-0.3, -0.25) is 4.79 Å². The van der Waals surface area contributed by atoms with Crippen LogP contribution in [0.3, 0.4) is 0 Å². The zero-order chi connectivity index (χ0) is 14.9. The number of rotatable bonds is 4. The molecule has 1 aliphatic heterocycles. The Bertz CT molecular complexity index is 631. The van der Waals surface area contributed by atoms with Crippen LogP contribution in [0.5, 0.6) is 11.5 Å². The van der Waals surface area contributed by atoms with E-state index in [4.69, 9.17) is 9.47 Å². The molecule has 1 heterocycles. The van der Waals surface area contributed by atoms with Crippen LogP contribution in [0.1, 0.15) is 6.42 Å². The number of benzene rings is 1. The summed E-state index contributed by atoms with van der Waals surface area (Å²) in [5.74, 6) is 0.449. The van der Waals surface area contributed by atoms with Gasteiger partial charge in [-0.1, -0.05) is 0 Å². The number of methoxy groups -OCH3 is 2. The van der Waals surface area contributed by atoms with Gasteiger partial charge in [0, 0.05) is 24.7 Å². The summed E-state index contributed by atoms with van der Waals surface area (Å²) >= 11 is 0. The monoisotopic (exact) mass is 303 g/mol. The Kier molecular flexibility index (Phi) is 3.85. The third-order valence-electron chi connectivity index (χ3n) is 3.17. The van der Waals surface area contributed by atoms with Gasteiger partial charge in [-0.15, -0.1) is 3.89 Å². The summed E-state index contributed by atoms with van der Waals surface area (Å²) in [5.41, 5.74) is 0.443. The predicted octanol–water partition coefficient (Wildman–Crippen LogP) is 1.11. The number of carbonyl (C=O) groups excluding carboxylic acids is 1. The largest absolute Gasteiger partial charge is 0.493 e. The first-order valence-corrected chi connectivity index (χ1v) is 7.27. The molecule has 0 N–H and O–H groups in total. The van der Waals surface area contributed by atoms with E-state index in [0.717, 1.165) is 0 Å². The molecular weight excluding hydrogens is 289 g/mol. The van der Waals surface area contributed by atoms with Gasteiger partial charge in [-0.2, -0.15) is 8.42 Å². The molecular formula is C12H14FNO5S.